The summed E-state index contributed by atoms with van der Waals surface area (Å²) in [6, 6.07) is 20.3. The van der Waals surface area contributed by atoms with Gasteiger partial charge in [-0.05, 0) is 28.5 Å². The second kappa shape index (κ2) is 8.53. The van der Waals surface area contributed by atoms with Gasteiger partial charge in [-0.3, -0.25) is 9.69 Å². The van der Waals surface area contributed by atoms with Crippen LogP contribution < -0.4 is 9.47 Å². The molecular formula is C24H26N2O3. The Morgan fingerprint density at radius 1 is 0.897 bits per heavy atom. The van der Waals surface area contributed by atoms with Gasteiger partial charge in [-0.1, -0.05) is 42.5 Å². The summed E-state index contributed by atoms with van der Waals surface area (Å²) in [5, 5.41) is 2.57. The van der Waals surface area contributed by atoms with Crippen molar-refractivity contribution >= 4 is 16.7 Å². The van der Waals surface area contributed by atoms with Crippen molar-refractivity contribution in [2.75, 3.05) is 40.4 Å². The molecule has 1 fully saturated rings. The number of methoxy groups -OCH3 is 2. The molecule has 0 aliphatic carbocycles. The number of carbonyl (C=O) groups is 1. The summed E-state index contributed by atoms with van der Waals surface area (Å²) in [7, 11) is 3.18. The molecule has 0 saturated carbocycles. The van der Waals surface area contributed by atoms with E-state index in [1.54, 1.807) is 32.4 Å². The van der Waals surface area contributed by atoms with Gasteiger partial charge in [-0.15, -0.1) is 0 Å². The standard InChI is InChI=1S/C24H26N2O3/c1-28-20-10-11-22(23(16-20)29-2)24(27)26-14-12-25(13-15-26)17-19-8-5-7-18-6-3-4-9-21(18)19/h3-11,16H,12-15,17H2,1-2H3. The van der Waals surface area contributed by atoms with E-state index in [9.17, 15) is 4.79 Å². The normalized spacial score (nSPS) is 14.8. The third kappa shape index (κ3) is 4.05. The predicted octanol–water partition coefficient (Wildman–Crippen LogP) is 3.82. The molecule has 5 nitrogen and oxygen atoms in total. The van der Waals surface area contributed by atoms with Gasteiger partial charge in [-0.2, -0.15) is 0 Å². The highest BCUT2D eigenvalue weighted by Gasteiger charge is 2.24. The monoisotopic (exact) mass is 390 g/mol. The fraction of sp³-hybridized carbons (Fsp3) is 0.292. The lowest BCUT2D eigenvalue weighted by atomic mass is 10.0. The second-order valence-corrected chi connectivity index (χ2v) is 7.27. The minimum Gasteiger partial charge on any atom is -0.497 e. The molecule has 4 rings (SSSR count). The first-order valence-corrected chi connectivity index (χ1v) is 9.90. The Balaban J connectivity index is 1.42. The summed E-state index contributed by atoms with van der Waals surface area (Å²) in [6.07, 6.45) is 0. The number of carbonyl (C=O) groups excluding carboxylic acids is 1. The first kappa shape index (κ1) is 19.3. The van der Waals surface area contributed by atoms with Crippen molar-refractivity contribution in [3.8, 4) is 11.5 Å². The molecule has 0 spiro atoms. The van der Waals surface area contributed by atoms with E-state index >= 15 is 0 Å². The Labute approximate surface area is 171 Å². The molecule has 1 heterocycles. The maximum Gasteiger partial charge on any atom is 0.257 e. The zero-order chi connectivity index (χ0) is 20.2. The van der Waals surface area contributed by atoms with E-state index in [1.807, 2.05) is 4.90 Å². The van der Waals surface area contributed by atoms with E-state index in [0.29, 0.717) is 30.2 Å². The molecule has 1 aliphatic rings. The van der Waals surface area contributed by atoms with Gasteiger partial charge in [0.1, 0.15) is 11.5 Å². The number of benzene rings is 3. The Kier molecular flexibility index (Phi) is 5.67. The van der Waals surface area contributed by atoms with Gasteiger partial charge in [0.15, 0.2) is 0 Å². The van der Waals surface area contributed by atoms with Crippen LogP contribution in [0.3, 0.4) is 0 Å². The molecule has 5 heteroatoms. The van der Waals surface area contributed by atoms with Crippen LogP contribution in [0.15, 0.2) is 60.7 Å². The molecule has 1 amide bonds. The third-order valence-corrected chi connectivity index (χ3v) is 5.57. The van der Waals surface area contributed by atoms with Gasteiger partial charge in [0.05, 0.1) is 19.8 Å². The molecule has 1 aliphatic heterocycles. The highest BCUT2D eigenvalue weighted by molar-refractivity contribution is 5.97. The fourth-order valence-corrected chi connectivity index (χ4v) is 3.93. The number of fused-ring (bicyclic) bond motifs is 1. The largest absolute Gasteiger partial charge is 0.497 e. The number of rotatable bonds is 5. The fourth-order valence-electron chi connectivity index (χ4n) is 3.93. The van der Waals surface area contributed by atoms with Crippen LogP contribution in [0.2, 0.25) is 0 Å². The first-order chi connectivity index (χ1) is 14.2. The third-order valence-electron chi connectivity index (χ3n) is 5.57. The van der Waals surface area contributed by atoms with Crippen molar-refractivity contribution in [3.63, 3.8) is 0 Å². The van der Waals surface area contributed by atoms with Crippen molar-refractivity contribution in [2.45, 2.75) is 6.54 Å². The SMILES string of the molecule is COc1ccc(C(=O)N2CCN(Cc3cccc4ccccc34)CC2)c(OC)c1. The second-order valence-electron chi connectivity index (χ2n) is 7.27. The first-order valence-electron chi connectivity index (χ1n) is 9.90. The molecule has 0 atom stereocenters. The predicted molar refractivity (Wildman–Crippen MR) is 115 cm³/mol. The van der Waals surface area contributed by atoms with E-state index < -0.39 is 0 Å². The number of hydrogen-bond acceptors (Lipinski definition) is 4. The Hall–Kier alpha value is -3.05. The summed E-state index contributed by atoms with van der Waals surface area (Å²) >= 11 is 0. The van der Waals surface area contributed by atoms with E-state index in [1.165, 1.54) is 16.3 Å². The zero-order valence-corrected chi connectivity index (χ0v) is 16.9. The Bertz CT molecular complexity index is 1000. The highest BCUT2D eigenvalue weighted by atomic mass is 16.5. The Morgan fingerprint density at radius 2 is 1.66 bits per heavy atom. The van der Waals surface area contributed by atoms with Crippen LogP contribution >= 0.6 is 0 Å². The van der Waals surface area contributed by atoms with Gasteiger partial charge >= 0.3 is 0 Å². The molecular weight excluding hydrogens is 364 g/mol. The smallest absolute Gasteiger partial charge is 0.257 e. The topological polar surface area (TPSA) is 42.0 Å². The number of hydrogen-bond donors (Lipinski definition) is 0. The zero-order valence-electron chi connectivity index (χ0n) is 16.9. The van der Waals surface area contributed by atoms with Crippen molar-refractivity contribution in [2.24, 2.45) is 0 Å². The summed E-state index contributed by atoms with van der Waals surface area (Å²) in [5.41, 5.74) is 1.91. The van der Waals surface area contributed by atoms with Crippen LogP contribution in [-0.4, -0.2) is 56.1 Å². The lowest BCUT2D eigenvalue weighted by molar-refractivity contribution is 0.0625. The maximum atomic E-state index is 13.0. The summed E-state index contributed by atoms with van der Waals surface area (Å²) in [6.45, 7) is 4.02. The van der Waals surface area contributed by atoms with Crippen molar-refractivity contribution in [1.82, 2.24) is 9.80 Å². The number of amides is 1. The Morgan fingerprint density at radius 3 is 2.41 bits per heavy atom. The van der Waals surface area contributed by atoms with Gasteiger partial charge in [0.25, 0.3) is 5.91 Å². The number of ether oxygens (including phenoxy) is 2. The lowest BCUT2D eigenvalue weighted by Crippen LogP contribution is -2.48. The quantitative estimate of drug-likeness (QED) is 0.664. The molecule has 0 N–H and O–H groups in total. The van der Waals surface area contributed by atoms with Gasteiger partial charge in [0.2, 0.25) is 0 Å². The van der Waals surface area contributed by atoms with Gasteiger partial charge in [0, 0.05) is 38.8 Å². The van der Waals surface area contributed by atoms with E-state index in [2.05, 4.69) is 47.4 Å². The average molecular weight is 390 g/mol. The number of nitrogens with zero attached hydrogens (tertiary/aromatic N) is 2. The molecule has 150 valence electrons. The summed E-state index contributed by atoms with van der Waals surface area (Å²) < 4.78 is 10.6. The molecule has 0 unspecified atom stereocenters. The van der Waals surface area contributed by atoms with Gasteiger partial charge in [-0.25, -0.2) is 0 Å². The van der Waals surface area contributed by atoms with Crippen LogP contribution in [0.5, 0.6) is 11.5 Å². The van der Waals surface area contributed by atoms with Gasteiger partial charge < -0.3 is 14.4 Å². The minimum absolute atomic E-state index is 0.00862. The highest BCUT2D eigenvalue weighted by Crippen LogP contribution is 2.26. The average Bonchev–Trinajstić information content (AvgIpc) is 2.79. The maximum absolute atomic E-state index is 13.0. The lowest BCUT2D eigenvalue weighted by Gasteiger charge is -2.35. The molecule has 0 aromatic heterocycles. The van der Waals surface area contributed by atoms with Crippen LogP contribution in [-0.2, 0) is 6.54 Å². The number of piperazine rings is 1. The molecule has 1 saturated heterocycles. The van der Waals surface area contributed by atoms with E-state index in [-0.39, 0.29) is 5.91 Å². The molecule has 3 aromatic rings. The molecule has 3 aromatic carbocycles. The van der Waals surface area contributed by atoms with Crippen LogP contribution in [0.25, 0.3) is 10.8 Å². The molecule has 0 radical (unpaired) electrons. The minimum atomic E-state index is 0.00862. The van der Waals surface area contributed by atoms with Crippen molar-refractivity contribution < 1.29 is 14.3 Å². The van der Waals surface area contributed by atoms with Crippen molar-refractivity contribution in [1.29, 1.82) is 0 Å². The van der Waals surface area contributed by atoms with Crippen LogP contribution in [0.1, 0.15) is 15.9 Å². The molecule has 29 heavy (non-hydrogen) atoms. The van der Waals surface area contributed by atoms with E-state index in [0.717, 1.165) is 19.6 Å². The molecule has 0 bridgehead atoms. The van der Waals surface area contributed by atoms with Crippen LogP contribution in [0.4, 0.5) is 0 Å². The van der Waals surface area contributed by atoms with E-state index in [4.69, 9.17) is 9.47 Å². The van der Waals surface area contributed by atoms with Crippen molar-refractivity contribution in [3.05, 3.63) is 71.8 Å². The summed E-state index contributed by atoms with van der Waals surface area (Å²) in [5.74, 6) is 1.24. The summed E-state index contributed by atoms with van der Waals surface area (Å²) in [4.78, 5) is 17.3. The van der Waals surface area contributed by atoms with Crippen LogP contribution in [0, 0.1) is 0 Å².